The van der Waals surface area contributed by atoms with Gasteiger partial charge in [0.25, 0.3) is 0 Å². The smallest absolute Gasteiger partial charge is 0.326 e. The molecule has 0 aromatic carbocycles. The highest BCUT2D eigenvalue weighted by Gasteiger charge is 2.37. The third-order valence-corrected chi connectivity index (χ3v) is 3.82. The van der Waals surface area contributed by atoms with Crippen LogP contribution in [0.1, 0.15) is 26.7 Å². The number of carboxylic acid groups (broad SMARTS) is 1. The Labute approximate surface area is 139 Å². The van der Waals surface area contributed by atoms with Crippen molar-refractivity contribution in [3.63, 3.8) is 0 Å². The van der Waals surface area contributed by atoms with Gasteiger partial charge in [0.2, 0.25) is 17.7 Å². The second-order valence-electron chi connectivity index (χ2n) is 5.75. The third-order valence-electron chi connectivity index (χ3n) is 3.82. The van der Waals surface area contributed by atoms with Crippen molar-refractivity contribution in [2.75, 3.05) is 13.1 Å². The highest BCUT2D eigenvalue weighted by atomic mass is 16.4. The van der Waals surface area contributed by atoms with Gasteiger partial charge in [0.05, 0.1) is 12.6 Å². The molecule has 1 rings (SSSR count). The van der Waals surface area contributed by atoms with Gasteiger partial charge in [0.1, 0.15) is 18.1 Å². The van der Waals surface area contributed by atoms with Gasteiger partial charge >= 0.3 is 5.97 Å². The van der Waals surface area contributed by atoms with E-state index in [-0.39, 0.29) is 6.54 Å². The lowest BCUT2D eigenvalue weighted by Gasteiger charge is -2.27. The summed E-state index contributed by atoms with van der Waals surface area (Å²) in [5.41, 5.74) is 5.15. The predicted octanol–water partition coefficient (Wildman–Crippen LogP) is -2.61. The highest BCUT2D eigenvalue weighted by Crippen LogP contribution is 2.18. The minimum atomic E-state index is -1.26. The van der Waals surface area contributed by atoms with Crippen molar-refractivity contribution in [3.05, 3.63) is 0 Å². The van der Waals surface area contributed by atoms with Crippen molar-refractivity contribution in [2.24, 2.45) is 5.73 Å². The van der Waals surface area contributed by atoms with Gasteiger partial charge in [0.15, 0.2) is 0 Å². The van der Waals surface area contributed by atoms with Crippen molar-refractivity contribution < 1.29 is 29.4 Å². The number of aliphatic carboxylic acids is 1. The first-order chi connectivity index (χ1) is 11.2. The number of nitrogens with zero attached hydrogens (tertiary/aromatic N) is 1. The number of aliphatic hydroxyl groups excluding tert-OH is 1. The number of rotatable bonds is 7. The first-order valence-electron chi connectivity index (χ1n) is 7.70. The Hall–Kier alpha value is -2.20. The molecule has 10 nitrogen and oxygen atoms in total. The van der Waals surface area contributed by atoms with Crippen LogP contribution in [0.5, 0.6) is 0 Å². The van der Waals surface area contributed by atoms with Crippen molar-refractivity contribution in [1.82, 2.24) is 15.5 Å². The summed E-state index contributed by atoms with van der Waals surface area (Å²) in [5, 5.41) is 23.4. The molecule has 24 heavy (non-hydrogen) atoms. The second kappa shape index (κ2) is 8.60. The van der Waals surface area contributed by atoms with Gasteiger partial charge in [-0.2, -0.15) is 0 Å². The number of aliphatic hydroxyl groups is 1. The monoisotopic (exact) mass is 344 g/mol. The van der Waals surface area contributed by atoms with E-state index in [9.17, 15) is 24.3 Å². The number of amides is 3. The predicted molar refractivity (Wildman–Crippen MR) is 82.6 cm³/mol. The summed E-state index contributed by atoms with van der Waals surface area (Å²) in [6.07, 6.45) is -0.252. The van der Waals surface area contributed by atoms with Gasteiger partial charge in [-0.25, -0.2) is 4.79 Å². The van der Waals surface area contributed by atoms with Crippen LogP contribution in [0.25, 0.3) is 0 Å². The maximum atomic E-state index is 12.3. The number of hydrogen-bond donors (Lipinski definition) is 5. The lowest BCUT2D eigenvalue weighted by atomic mass is 10.1. The maximum absolute atomic E-state index is 12.3. The number of carbonyl (C=O) groups is 4. The fraction of sp³-hybridized carbons (Fsp3) is 0.714. The average molecular weight is 344 g/mol. The van der Waals surface area contributed by atoms with Crippen molar-refractivity contribution >= 4 is 23.7 Å². The van der Waals surface area contributed by atoms with Crippen LogP contribution in [0, 0.1) is 0 Å². The van der Waals surface area contributed by atoms with Crippen LogP contribution < -0.4 is 16.4 Å². The minimum Gasteiger partial charge on any atom is -0.480 e. The molecule has 1 heterocycles. The number of carbonyl (C=O) groups excluding carboxylic acids is 3. The molecule has 0 aromatic rings. The van der Waals surface area contributed by atoms with E-state index in [1.54, 1.807) is 0 Å². The molecule has 6 N–H and O–H groups in total. The fourth-order valence-electron chi connectivity index (χ4n) is 2.54. The SMILES string of the molecule is CC(NC(=O)C(NC(=O)CN)C(C)O)C(=O)N1CCCC1C(=O)O. The van der Waals surface area contributed by atoms with Crippen LogP contribution in [0.4, 0.5) is 0 Å². The molecule has 0 aliphatic carbocycles. The Morgan fingerprint density at radius 2 is 1.88 bits per heavy atom. The minimum absolute atomic E-state index is 0.305. The maximum Gasteiger partial charge on any atom is 0.326 e. The van der Waals surface area contributed by atoms with Crippen molar-refractivity contribution in [3.8, 4) is 0 Å². The molecule has 1 aliphatic rings. The summed E-state index contributed by atoms with van der Waals surface area (Å²) in [4.78, 5) is 48.2. The normalized spacial score (nSPS) is 20.8. The van der Waals surface area contributed by atoms with Crippen LogP contribution in [0.2, 0.25) is 0 Å². The zero-order chi connectivity index (χ0) is 18.4. The standard InChI is InChI=1S/C14H24N4O6/c1-7(13(22)18-5-3-4-9(18)14(23)24)16-12(21)11(8(2)19)17-10(20)6-15/h7-9,11,19H,3-6,15H2,1-2H3,(H,16,21)(H,17,20)(H,23,24). The molecule has 0 bridgehead atoms. The molecule has 0 saturated carbocycles. The van der Waals surface area contributed by atoms with E-state index in [0.29, 0.717) is 19.4 Å². The quantitative estimate of drug-likeness (QED) is 0.338. The van der Waals surface area contributed by atoms with Gasteiger partial charge < -0.3 is 31.5 Å². The molecule has 1 fully saturated rings. The Balaban J connectivity index is 2.72. The number of carboxylic acids is 1. The molecule has 136 valence electrons. The number of hydrogen-bond acceptors (Lipinski definition) is 6. The summed E-state index contributed by atoms with van der Waals surface area (Å²) in [6, 6.07) is -3.15. The summed E-state index contributed by atoms with van der Waals surface area (Å²) in [5.74, 6) is -2.99. The lowest BCUT2D eigenvalue weighted by Crippen LogP contribution is -2.58. The van der Waals surface area contributed by atoms with Crippen LogP contribution in [-0.4, -0.2) is 76.1 Å². The van der Waals surface area contributed by atoms with Crippen molar-refractivity contribution in [1.29, 1.82) is 0 Å². The van der Waals surface area contributed by atoms with E-state index in [2.05, 4.69) is 10.6 Å². The molecular weight excluding hydrogens is 320 g/mol. The molecule has 3 amide bonds. The van der Waals surface area contributed by atoms with E-state index in [1.807, 2.05) is 0 Å². The molecular formula is C14H24N4O6. The van der Waals surface area contributed by atoms with Crippen molar-refractivity contribution in [2.45, 2.75) is 50.9 Å². The van der Waals surface area contributed by atoms with E-state index in [0.717, 1.165) is 0 Å². The molecule has 4 unspecified atom stereocenters. The molecule has 1 aliphatic heterocycles. The van der Waals surface area contributed by atoms with Crippen LogP contribution in [0.3, 0.4) is 0 Å². The Bertz CT molecular complexity index is 509. The molecule has 0 spiro atoms. The third kappa shape index (κ3) is 4.90. The molecule has 4 atom stereocenters. The van der Waals surface area contributed by atoms with E-state index in [4.69, 9.17) is 10.8 Å². The van der Waals surface area contributed by atoms with Gasteiger partial charge in [0, 0.05) is 6.54 Å². The summed E-state index contributed by atoms with van der Waals surface area (Å²) in [6.45, 7) is 2.69. The van der Waals surface area contributed by atoms with Gasteiger partial charge in [-0.15, -0.1) is 0 Å². The van der Waals surface area contributed by atoms with E-state index < -0.39 is 47.9 Å². The molecule has 0 aromatic heterocycles. The summed E-state index contributed by atoms with van der Waals surface area (Å²) >= 11 is 0. The first-order valence-corrected chi connectivity index (χ1v) is 7.70. The topological polar surface area (TPSA) is 162 Å². The fourth-order valence-corrected chi connectivity index (χ4v) is 2.54. The summed E-state index contributed by atoms with van der Waals surface area (Å²) < 4.78 is 0. The number of likely N-dealkylation sites (tertiary alicyclic amines) is 1. The van der Waals surface area contributed by atoms with Crippen LogP contribution in [-0.2, 0) is 19.2 Å². The Morgan fingerprint density at radius 1 is 1.25 bits per heavy atom. The Kier molecular flexibility index (Phi) is 7.11. The number of nitrogens with two attached hydrogens (primary N) is 1. The Morgan fingerprint density at radius 3 is 2.38 bits per heavy atom. The highest BCUT2D eigenvalue weighted by molar-refractivity contribution is 5.93. The first kappa shape index (κ1) is 19.8. The molecule has 10 heteroatoms. The largest absolute Gasteiger partial charge is 0.480 e. The van der Waals surface area contributed by atoms with Gasteiger partial charge in [-0.05, 0) is 26.7 Å². The summed E-state index contributed by atoms with van der Waals surface area (Å²) in [7, 11) is 0. The van der Waals surface area contributed by atoms with Gasteiger partial charge in [-0.3, -0.25) is 14.4 Å². The molecule has 1 saturated heterocycles. The molecule has 0 radical (unpaired) electrons. The second-order valence-corrected chi connectivity index (χ2v) is 5.75. The van der Waals surface area contributed by atoms with Gasteiger partial charge in [-0.1, -0.05) is 0 Å². The number of nitrogens with one attached hydrogen (secondary N) is 2. The zero-order valence-corrected chi connectivity index (χ0v) is 13.7. The van der Waals surface area contributed by atoms with E-state index in [1.165, 1.54) is 18.7 Å². The zero-order valence-electron chi connectivity index (χ0n) is 13.7. The van der Waals surface area contributed by atoms with E-state index >= 15 is 0 Å². The van der Waals surface area contributed by atoms with Crippen LogP contribution in [0.15, 0.2) is 0 Å². The lowest BCUT2D eigenvalue weighted by molar-refractivity contribution is -0.149. The average Bonchev–Trinajstić information content (AvgIpc) is 3.00. The van der Waals surface area contributed by atoms with Crippen LogP contribution >= 0.6 is 0 Å².